The summed E-state index contributed by atoms with van der Waals surface area (Å²) in [5.41, 5.74) is 7.69. The normalized spacial score (nSPS) is 14.9. The lowest BCUT2D eigenvalue weighted by atomic mass is 10.1. The lowest BCUT2D eigenvalue weighted by Crippen LogP contribution is -2.49. The minimum atomic E-state index is 0.106. The number of hydrogen-bond acceptors (Lipinski definition) is 6. The highest BCUT2D eigenvalue weighted by Crippen LogP contribution is 2.21. The van der Waals surface area contributed by atoms with Gasteiger partial charge in [0.2, 0.25) is 5.91 Å². The number of nitrogen functional groups attached to an aromatic ring is 1. The summed E-state index contributed by atoms with van der Waals surface area (Å²) in [6, 6.07) is 9.59. The molecule has 0 bridgehead atoms. The highest BCUT2D eigenvalue weighted by molar-refractivity contribution is 7.16. The number of fused-ring (bicyclic) bond motifs is 1. The van der Waals surface area contributed by atoms with E-state index in [2.05, 4.69) is 26.7 Å². The van der Waals surface area contributed by atoms with Gasteiger partial charge in [-0.2, -0.15) is 0 Å². The molecule has 0 aliphatic carbocycles. The number of thiophene rings is 1. The Labute approximate surface area is 171 Å². The lowest BCUT2D eigenvalue weighted by Gasteiger charge is -2.33. The molecule has 3 aromatic rings. The Hall–Kier alpha value is -2.66. The Morgan fingerprint density at radius 2 is 2.11 bits per heavy atom. The smallest absolute Gasteiger partial charge is 0.237 e. The summed E-state index contributed by atoms with van der Waals surface area (Å²) in [4.78, 5) is 25.7. The van der Waals surface area contributed by atoms with Crippen molar-refractivity contribution in [3.8, 4) is 11.8 Å². The van der Waals surface area contributed by atoms with E-state index >= 15 is 0 Å². The predicted octanol–water partition coefficient (Wildman–Crippen LogP) is 2.62. The molecule has 0 atom stereocenters. The van der Waals surface area contributed by atoms with E-state index in [4.69, 9.17) is 17.3 Å². The van der Waals surface area contributed by atoms with Crippen LogP contribution in [0.25, 0.3) is 10.9 Å². The van der Waals surface area contributed by atoms with Crippen molar-refractivity contribution in [2.45, 2.75) is 6.54 Å². The highest BCUT2D eigenvalue weighted by Gasteiger charge is 2.23. The molecule has 0 saturated carbocycles. The number of halogens is 1. The molecule has 6 nitrogen and oxygen atoms in total. The summed E-state index contributed by atoms with van der Waals surface area (Å²) in [6.45, 7) is 2.99. The van der Waals surface area contributed by atoms with Crippen LogP contribution in [0.3, 0.4) is 0 Å². The van der Waals surface area contributed by atoms with Gasteiger partial charge in [0, 0.05) is 25.0 Å². The van der Waals surface area contributed by atoms with Crippen molar-refractivity contribution in [1.82, 2.24) is 19.8 Å². The van der Waals surface area contributed by atoms with Gasteiger partial charge in [-0.3, -0.25) is 9.69 Å². The largest absolute Gasteiger partial charge is 0.383 e. The number of piperazine rings is 1. The van der Waals surface area contributed by atoms with E-state index in [0.29, 0.717) is 32.0 Å². The first-order valence-corrected chi connectivity index (χ1v) is 10.0. The number of amides is 1. The molecular weight excluding hydrogens is 394 g/mol. The second-order valence-corrected chi connectivity index (χ2v) is 8.26. The number of hydrogen-bond donors (Lipinski definition) is 1. The Morgan fingerprint density at radius 3 is 2.89 bits per heavy atom. The Kier molecular flexibility index (Phi) is 5.44. The van der Waals surface area contributed by atoms with Gasteiger partial charge in [0.05, 0.1) is 27.8 Å². The molecular formula is C20H18ClN5OS. The van der Waals surface area contributed by atoms with E-state index in [1.165, 1.54) is 17.7 Å². The summed E-state index contributed by atoms with van der Waals surface area (Å²) in [5, 5.41) is 0.827. The number of rotatable bonds is 3. The Bertz CT molecular complexity index is 1090. The summed E-state index contributed by atoms with van der Waals surface area (Å²) >= 11 is 7.37. The SMILES string of the molecule is Nc1ncnc2cc(CN3CCN(CC#Cc4ccc(Cl)s4)CC3=O)ccc12. The first-order valence-electron chi connectivity index (χ1n) is 8.82. The van der Waals surface area contributed by atoms with Crippen molar-refractivity contribution in [3.63, 3.8) is 0 Å². The quantitative estimate of drug-likeness (QED) is 0.670. The molecule has 0 spiro atoms. The summed E-state index contributed by atoms with van der Waals surface area (Å²) in [6.07, 6.45) is 1.45. The van der Waals surface area contributed by atoms with Crippen LogP contribution in [0.4, 0.5) is 5.82 Å². The molecule has 28 heavy (non-hydrogen) atoms. The molecule has 0 unspecified atom stereocenters. The second-order valence-electron chi connectivity index (χ2n) is 6.54. The van der Waals surface area contributed by atoms with Crippen molar-refractivity contribution >= 4 is 45.6 Å². The zero-order valence-electron chi connectivity index (χ0n) is 15.1. The highest BCUT2D eigenvalue weighted by atomic mass is 35.5. The molecule has 1 aliphatic rings. The van der Waals surface area contributed by atoms with Gasteiger partial charge >= 0.3 is 0 Å². The average molecular weight is 412 g/mol. The number of carbonyl (C=O) groups excluding carboxylic acids is 1. The van der Waals surface area contributed by atoms with E-state index in [1.54, 1.807) is 0 Å². The minimum Gasteiger partial charge on any atom is -0.383 e. The molecule has 2 N–H and O–H groups in total. The molecule has 1 fully saturated rings. The van der Waals surface area contributed by atoms with E-state index in [-0.39, 0.29) is 5.91 Å². The van der Waals surface area contributed by atoms with Crippen LogP contribution in [0.1, 0.15) is 10.4 Å². The van der Waals surface area contributed by atoms with Crippen LogP contribution in [0.15, 0.2) is 36.7 Å². The maximum atomic E-state index is 12.5. The third-order valence-corrected chi connectivity index (χ3v) is 5.74. The molecule has 1 aromatic carbocycles. The van der Waals surface area contributed by atoms with E-state index in [0.717, 1.165) is 32.2 Å². The fourth-order valence-corrected chi connectivity index (χ4v) is 4.04. The van der Waals surface area contributed by atoms with E-state index in [1.807, 2.05) is 35.2 Å². The third-order valence-electron chi connectivity index (χ3n) is 4.59. The van der Waals surface area contributed by atoms with Crippen LogP contribution in [-0.4, -0.2) is 51.9 Å². The fraction of sp³-hybridized carbons (Fsp3) is 0.250. The third kappa shape index (κ3) is 4.25. The number of benzene rings is 1. The first-order chi connectivity index (χ1) is 13.6. The molecule has 1 aliphatic heterocycles. The Balaban J connectivity index is 1.35. The zero-order chi connectivity index (χ0) is 19.5. The summed E-state index contributed by atoms with van der Waals surface area (Å²) in [5.74, 6) is 6.79. The zero-order valence-corrected chi connectivity index (χ0v) is 16.6. The fourth-order valence-electron chi connectivity index (χ4n) is 3.12. The number of carbonyl (C=O) groups is 1. The number of anilines is 1. The van der Waals surface area contributed by atoms with Gasteiger partial charge in [0.1, 0.15) is 12.1 Å². The van der Waals surface area contributed by atoms with Crippen molar-refractivity contribution < 1.29 is 4.79 Å². The minimum absolute atomic E-state index is 0.106. The second kappa shape index (κ2) is 8.15. The van der Waals surface area contributed by atoms with Crippen LogP contribution < -0.4 is 5.73 Å². The topological polar surface area (TPSA) is 75.3 Å². The van der Waals surface area contributed by atoms with Gasteiger partial charge in [-0.05, 0) is 29.8 Å². The molecule has 1 saturated heterocycles. The standard InChI is InChI=1S/C20H18ClN5OS/c21-18-6-4-15(28-18)2-1-7-25-8-9-26(19(27)12-25)11-14-3-5-16-17(10-14)23-13-24-20(16)22/h3-6,10,13H,7-9,11-12H2,(H2,22,23,24). The molecule has 4 rings (SSSR count). The van der Waals surface area contributed by atoms with Crippen molar-refractivity contribution in [3.05, 3.63) is 51.4 Å². The van der Waals surface area contributed by atoms with Crippen molar-refractivity contribution in [2.24, 2.45) is 0 Å². The molecule has 8 heteroatoms. The van der Waals surface area contributed by atoms with Gasteiger partial charge in [-0.15, -0.1) is 11.3 Å². The van der Waals surface area contributed by atoms with Crippen LogP contribution in [0.2, 0.25) is 4.34 Å². The predicted molar refractivity (Wildman–Crippen MR) is 112 cm³/mol. The van der Waals surface area contributed by atoms with Gasteiger partial charge < -0.3 is 10.6 Å². The van der Waals surface area contributed by atoms with Gasteiger partial charge in [0.25, 0.3) is 0 Å². The van der Waals surface area contributed by atoms with E-state index < -0.39 is 0 Å². The maximum absolute atomic E-state index is 12.5. The molecule has 1 amide bonds. The van der Waals surface area contributed by atoms with Crippen molar-refractivity contribution in [1.29, 1.82) is 0 Å². The van der Waals surface area contributed by atoms with Gasteiger partial charge in [-0.1, -0.05) is 29.5 Å². The lowest BCUT2D eigenvalue weighted by molar-refractivity contribution is -0.136. The van der Waals surface area contributed by atoms with Gasteiger partial charge in [0.15, 0.2) is 0 Å². The number of aromatic nitrogens is 2. The maximum Gasteiger partial charge on any atom is 0.237 e. The summed E-state index contributed by atoms with van der Waals surface area (Å²) in [7, 11) is 0. The van der Waals surface area contributed by atoms with Crippen LogP contribution in [-0.2, 0) is 11.3 Å². The van der Waals surface area contributed by atoms with Crippen LogP contribution >= 0.6 is 22.9 Å². The number of nitrogens with zero attached hydrogens (tertiary/aromatic N) is 4. The number of nitrogens with two attached hydrogens (primary N) is 1. The first kappa shape index (κ1) is 18.7. The van der Waals surface area contributed by atoms with Crippen LogP contribution in [0.5, 0.6) is 0 Å². The molecule has 2 aromatic heterocycles. The summed E-state index contributed by atoms with van der Waals surface area (Å²) < 4.78 is 0.732. The van der Waals surface area contributed by atoms with Crippen molar-refractivity contribution in [2.75, 3.05) is 31.9 Å². The molecule has 0 radical (unpaired) electrons. The average Bonchev–Trinajstić information content (AvgIpc) is 3.09. The van der Waals surface area contributed by atoms with Gasteiger partial charge in [-0.25, -0.2) is 9.97 Å². The monoisotopic (exact) mass is 411 g/mol. The Morgan fingerprint density at radius 1 is 1.21 bits per heavy atom. The molecule has 3 heterocycles. The molecule has 142 valence electrons. The van der Waals surface area contributed by atoms with E-state index in [9.17, 15) is 4.79 Å². The van der Waals surface area contributed by atoms with Crippen LogP contribution in [0, 0.1) is 11.8 Å².